The third kappa shape index (κ3) is 2.94. The summed E-state index contributed by atoms with van der Waals surface area (Å²) in [7, 11) is 1.70. The standard InChI is InChI=1S/C17H15BrN2O3/c1-10-4-3-5-12(18)16(10)17(22)19-11-6-7-13-14(8-11)23-9-15(21)20(13)2/h3-8H,9H2,1-2H3,(H,19,22). The highest BCUT2D eigenvalue weighted by molar-refractivity contribution is 9.10. The number of amides is 2. The van der Waals surface area contributed by atoms with Crippen LogP contribution in [0.5, 0.6) is 5.75 Å². The van der Waals surface area contributed by atoms with Gasteiger partial charge in [-0.2, -0.15) is 0 Å². The molecule has 0 atom stereocenters. The van der Waals surface area contributed by atoms with Crippen LogP contribution in [0.2, 0.25) is 0 Å². The molecule has 1 heterocycles. The number of likely N-dealkylation sites (N-methyl/N-ethyl adjacent to an activating group) is 1. The number of carbonyl (C=O) groups is 2. The highest BCUT2D eigenvalue weighted by Gasteiger charge is 2.22. The van der Waals surface area contributed by atoms with Crippen molar-refractivity contribution < 1.29 is 14.3 Å². The Hall–Kier alpha value is -2.34. The normalized spacial score (nSPS) is 13.3. The molecule has 1 aliphatic rings. The van der Waals surface area contributed by atoms with Gasteiger partial charge < -0.3 is 15.0 Å². The molecular weight excluding hydrogens is 360 g/mol. The van der Waals surface area contributed by atoms with Crippen LogP contribution in [0.1, 0.15) is 15.9 Å². The van der Waals surface area contributed by atoms with Gasteiger partial charge in [-0.25, -0.2) is 0 Å². The molecule has 23 heavy (non-hydrogen) atoms. The number of nitrogens with zero attached hydrogens (tertiary/aromatic N) is 1. The number of benzene rings is 2. The summed E-state index contributed by atoms with van der Waals surface area (Å²) in [5, 5.41) is 2.86. The van der Waals surface area contributed by atoms with Gasteiger partial charge in [-0.15, -0.1) is 0 Å². The minimum Gasteiger partial charge on any atom is -0.481 e. The number of anilines is 2. The molecule has 118 valence electrons. The van der Waals surface area contributed by atoms with Crippen molar-refractivity contribution >= 4 is 39.1 Å². The number of aryl methyl sites for hydroxylation is 1. The number of hydrogen-bond donors (Lipinski definition) is 1. The summed E-state index contributed by atoms with van der Waals surface area (Å²) < 4.78 is 6.17. The van der Waals surface area contributed by atoms with Crippen LogP contribution in [0, 0.1) is 6.92 Å². The molecule has 1 aliphatic heterocycles. The minimum absolute atomic E-state index is 0.00421. The number of nitrogens with one attached hydrogen (secondary N) is 1. The Bertz CT molecular complexity index is 784. The van der Waals surface area contributed by atoms with Crippen molar-refractivity contribution in [2.45, 2.75) is 6.92 Å². The van der Waals surface area contributed by atoms with E-state index in [1.165, 1.54) is 0 Å². The molecule has 3 rings (SSSR count). The van der Waals surface area contributed by atoms with Gasteiger partial charge in [0.25, 0.3) is 11.8 Å². The molecule has 0 radical (unpaired) electrons. The Morgan fingerprint density at radius 2 is 2.09 bits per heavy atom. The zero-order chi connectivity index (χ0) is 16.6. The number of ether oxygens (including phenoxy) is 1. The summed E-state index contributed by atoms with van der Waals surface area (Å²) in [6, 6.07) is 10.8. The van der Waals surface area contributed by atoms with E-state index < -0.39 is 0 Å². The summed E-state index contributed by atoms with van der Waals surface area (Å²) in [6.07, 6.45) is 0. The molecule has 1 N–H and O–H groups in total. The van der Waals surface area contributed by atoms with Crippen LogP contribution in [0.25, 0.3) is 0 Å². The van der Waals surface area contributed by atoms with Gasteiger partial charge in [-0.3, -0.25) is 9.59 Å². The lowest BCUT2D eigenvalue weighted by Gasteiger charge is -2.26. The van der Waals surface area contributed by atoms with Crippen molar-refractivity contribution in [1.29, 1.82) is 0 Å². The number of hydrogen-bond acceptors (Lipinski definition) is 3. The number of halogens is 1. The zero-order valence-electron chi connectivity index (χ0n) is 12.7. The minimum atomic E-state index is -0.199. The van der Waals surface area contributed by atoms with E-state index in [2.05, 4.69) is 21.2 Å². The molecule has 0 aliphatic carbocycles. The van der Waals surface area contributed by atoms with E-state index in [9.17, 15) is 9.59 Å². The van der Waals surface area contributed by atoms with Crippen molar-refractivity contribution in [2.75, 3.05) is 23.9 Å². The molecule has 2 amide bonds. The first kappa shape index (κ1) is 15.6. The van der Waals surface area contributed by atoms with E-state index in [0.29, 0.717) is 22.7 Å². The van der Waals surface area contributed by atoms with E-state index in [4.69, 9.17) is 4.74 Å². The van der Waals surface area contributed by atoms with E-state index in [-0.39, 0.29) is 18.4 Å². The van der Waals surface area contributed by atoms with Crippen molar-refractivity contribution in [3.05, 3.63) is 52.0 Å². The average Bonchev–Trinajstić information content (AvgIpc) is 2.51. The summed E-state index contributed by atoms with van der Waals surface area (Å²) in [5.41, 5.74) is 2.79. The smallest absolute Gasteiger partial charge is 0.264 e. The van der Waals surface area contributed by atoms with Gasteiger partial charge in [-0.05, 0) is 46.6 Å². The van der Waals surface area contributed by atoms with Crippen molar-refractivity contribution in [3.63, 3.8) is 0 Å². The Balaban J connectivity index is 1.87. The van der Waals surface area contributed by atoms with Crippen LogP contribution in [-0.2, 0) is 4.79 Å². The third-order valence-corrected chi connectivity index (χ3v) is 4.41. The van der Waals surface area contributed by atoms with E-state index in [0.717, 1.165) is 10.0 Å². The molecule has 0 unspecified atom stereocenters. The predicted molar refractivity (Wildman–Crippen MR) is 92.2 cm³/mol. The Labute approximate surface area is 142 Å². The number of rotatable bonds is 2. The van der Waals surface area contributed by atoms with Crippen molar-refractivity contribution in [3.8, 4) is 5.75 Å². The Morgan fingerprint density at radius 1 is 1.30 bits per heavy atom. The van der Waals surface area contributed by atoms with Gasteiger partial charge in [0, 0.05) is 23.3 Å². The van der Waals surface area contributed by atoms with Gasteiger partial charge in [0.15, 0.2) is 6.61 Å². The predicted octanol–water partition coefficient (Wildman–Crippen LogP) is 3.37. The molecule has 0 spiro atoms. The maximum atomic E-state index is 12.5. The second-order valence-corrected chi connectivity index (χ2v) is 6.16. The van der Waals surface area contributed by atoms with Gasteiger partial charge >= 0.3 is 0 Å². The second-order valence-electron chi connectivity index (χ2n) is 5.31. The first-order valence-electron chi connectivity index (χ1n) is 7.07. The topological polar surface area (TPSA) is 58.6 Å². The first-order chi connectivity index (χ1) is 11.0. The summed E-state index contributed by atoms with van der Waals surface area (Å²) in [6.45, 7) is 1.89. The van der Waals surface area contributed by atoms with Crippen LogP contribution >= 0.6 is 15.9 Å². The maximum Gasteiger partial charge on any atom is 0.264 e. The fraction of sp³-hybridized carbons (Fsp3) is 0.176. The molecule has 2 aromatic rings. The first-order valence-corrected chi connectivity index (χ1v) is 7.86. The summed E-state index contributed by atoms with van der Waals surface area (Å²) in [4.78, 5) is 25.6. The molecule has 2 aromatic carbocycles. The molecule has 5 nitrogen and oxygen atoms in total. The SMILES string of the molecule is Cc1cccc(Br)c1C(=O)Nc1ccc2c(c1)OCC(=O)N2C. The van der Waals surface area contributed by atoms with Crippen molar-refractivity contribution in [1.82, 2.24) is 0 Å². The summed E-state index contributed by atoms with van der Waals surface area (Å²) >= 11 is 3.41. The van der Waals surface area contributed by atoms with Gasteiger partial charge in [0.05, 0.1) is 11.3 Å². The Kier molecular flexibility index (Phi) is 4.09. The largest absolute Gasteiger partial charge is 0.481 e. The highest BCUT2D eigenvalue weighted by atomic mass is 79.9. The van der Waals surface area contributed by atoms with Crippen molar-refractivity contribution in [2.24, 2.45) is 0 Å². The van der Waals surface area contributed by atoms with E-state index >= 15 is 0 Å². The lowest BCUT2D eigenvalue weighted by Crippen LogP contribution is -2.35. The van der Waals surface area contributed by atoms with Crippen LogP contribution in [0.15, 0.2) is 40.9 Å². The van der Waals surface area contributed by atoms with Crippen LogP contribution in [0.4, 0.5) is 11.4 Å². The monoisotopic (exact) mass is 374 g/mol. The number of fused-ring (bicyclic) bond motifs is 1. The van der Waals surface area contributed by atoms with Crippen LogP contribution in [-0.4, -0.2) is 25.5 Å². The van der Waals surface area contributed by atoms with Gasteiger partial charge in [-0.1, -0.05) is 12.1 Å². The lowest BCUT2D eigenvalue weighted by atomic mass is 10.1. The molecular formula is C17H15BrN2O3. The lowest BCUT2D eigenvalue weighted by molar-refractivity contribution is -0.120. The highest BCUT2D eigenvalue weighted by Crippen LogP contribution is 2.34. The van der Waals surface area contributed by atoms with Crippen LogP contribution < -0.4 is 15.0 Å². The fourth-order valence-corrected chi connectivity index (χ4v) is 3.11. The fourth-order valence-electron chi connectivity index (χ4n) is 2.47. The molecule has 0 bridgehead atoms. The summed E-state index contributed by atoms with van der Waals surface area (Å²) in [5.74, 6) is 0.280. The van der Waals surface area contributed by atoms with Gasteiger partial charge in [0.2, 0.25) is 0 Å². The van der Waals surface area contributed by atoms with Gasteiger partial charge in [0.1, 0.15) is 5.75 Å². The Morgan fingerprint density at radius 3 is 2.83 bits per heavy atom. The quantitative estimate of drug-likeness (QED) is 0.876. The third-order valence-electron chi connectivity index (χ3n) is 3.75. The molecule has 6 heteroatoms. The molecule has 0 saturated carbocycles. The maximum absolute atomic E-state index is 12.5. The molecule has 0 saturated heterocycles. The zero-order valence-corrected chi connectivity index (χ0v) is 14.3. The number of carbonyl (C=O) groups excluding carboxylic acids is 2. The second kappa shape index (κ2) is 6.04. The molecule has 0 fully saturated rings. The average molecular weight is 375 g/mol. The molecule has 0 aromatic heterocycles. The van der Waals surface area contributed by atoms with E-state index in [1.54, 1.807) is 30.1 Å². The van der Waals surface area contributed by atoms with E-state index in [1.807, 2.05) is 25.1 Å². The van der Waals surface area contributed by atoms with Crippen LogP contribution in [0.3, 0.4) is 0 Å².